The maximum absolute atomic E-state index is 10.8. The number of nitrogens with zero attached hydrogens (tertiary/aromatic N) is 1. The van der Waals surface area contributed by atoms with Crippen LogP contribution >= 0.6 is 0 Å². The molecule has 11 heavy (non-hydrogen) atoms. The third-order valence-corrected chi connectivity index (χ3v) is 1.06. The van der Waals surface area contributed by atoms with Gasteiger partial charge in [-0.05, 0) is 19.4 Å². The van der Waals surface area contributed by atoms with Crippen LogP contribution in [0.5, 0.6) is 0 Å². The van der Waals surface area contributed by atoms with Crippen LogP contribution in [0.1, 0.15) is 20.3 Å². The third kappa shape index (κ3) is 5.16. The second-order valence-corrected chi connectivity index (χ2v) is 2.17. The first kappa shape index (κ1) is 9.70. The van der Waals surface area contributed by atoms with E-state index in [2.05, 4.69) is 5.32 Å². The van der Waals surface area contributed by atoms with Crippen molar-refractivity contribution in [3.8, 4) is 6.07 Å². The molecule has 0 aliphatic carbocycles. The Hall–Kier alpha value is -1.30. The number of nitriles is 1. The molecule has 0 saturated carbocycles. The molecule has 0 saturated heterocycles. The number of carbonyl (C=O) groups excluding carboxylic acids is 1. The first-order valence-corrected chi connectivity index (χ1v) is 3.57. The van der Waals surface area contributed by atoms with E-state index in [-0.39, 0.29) is 5.91 Å². The normalized spacial score (nSPS) is 12.5. The molecule has 0 bridgehead atoms. The molecular formula is C8H12N2O. The molecule has 0 aromatic rings. The Morgan fingerprint density at radius 3 is 2.91 bits per heavy atom. The fraction of sp³-hybridized carbons (Fsp3) is 0.500. The van der Waals surface area contributed by atoms with Crippen molar-refractivity contribution >= 4 is 5.91 Å². The Balaban J connectivity index is 3.71. The average Bonchev–Trinajstić information content (AvgIpc) is 2.00. The van der Waals surface area contributed by atoms with Crippen LogP contribution in [-0.4, -0.2) is 11.9 Å². The molecule has 0 radical (unpaired) electrons. The monoisotopic (exact) mass is 152 g/mol. The minimum Gasteiger partial charge on any atom is -0.337 e. The molecule has 0 heterocycles. The van der Waals surface area contributed by atoms with Gasteiger partial charge in [-0.2, -0.15) is 5.26 Å². The van der Waals surface area contributed by atoms with Crippen LogP contribution < -0.4 is 5.32 Å². The zero-order valence-electron chi connectivity index (χ0n) is 6.79. The highest BCUT2D eigenvalue weighted by atomic mass is 16.1. The summed E-state index contributed by atoms with van der Waals surface area (Å²) in [6.45, 7) is 3.58. The quantitative estimate of drug-likeness (QED) is 0.613. The van der Waals surface area contributed by atoms with Gasteiger partial charge >= 0.3 is 0 Å². The van der Waals surface area contributed by atoms with Crippen molar-refractivity contribution in [1.82, 2.24) is 5.32 Å². The highest BCUT2D eigenvalue weighted by Gasteiger charge is 1.99. The maximum Gasteiger partial charge on any atom is 0.244 e. The van der Waals surface area contributed by atoms with Gasteiger partial charge in [-0.15, -0.1) is 0 Å². The summed E-state index contributed by atoms with van der Waals surface area (Å²) in [6, 6.07) is 1.49. The van der Waals surface area contributed by atoms with Crippen molar-refractivity contribution in [2.24, 2.45) is 0 Å². The standard InChI is InChI=1S/C8H12N2O/c1-3-4-5-8(11)10-7(2)6-9/h4-5,7H,3H2,1-2H3,(H,10,11)/b5-4+. The number of nitrogens with one attached hydrogen (secondary N) is 1. The fourth-order valence-electron chi connectivity index (χ4n) is 0.519. The van der Waals surface area contributed by atoms with Gasteiger partial charge in [0, 0.05) is 0 Å². The van der Waals surface area contributed by atoms with Crippen molar-refractivity contribution in [3.05, 3.63) is 12.2 Å². The molecule has 60 valence electrons. The molecule has 3 heteroatoms. The molecule has 0 aromatic heterocycles. The number of hydrogen-bond donors (Lipinski definition) is 1. The van der Waals surface area contributed by atoms with Crippen molar-refractivity contribution in [1.29, 1.82) is 5.26 Å². The van der Waals surface area contributed by atoms with Crippen LogP contribution in [0.15, 0.2) is 12.2 Å². The average molecular weight is 152 g/mol. The molecule has 1 amide bonds. The molecular weight excluding hydrogens is 140 g/mol. The summed E-state index contributed by atoms with van der Waals surface area (Å²) in [5, 5.41) is 10.8. The largest absolute Gasteiger partial charge is 0.337 e. The van der Waals surface area contributed by atoms with Gasteiger partial charge in [0.2, 0.25) is 5.91 Å². The number of hydrogen-bond acceptors (Lipinski definition) is 2. The van der Waals surface area contributed by atoms with E-state index in [1.54, 1.807) is 13.0 Å². The lowest BCUT2D eigenvalue weighted by atomic mass is 10.3. The van der Waals surface area contributed by atoms with Crippen LogP contribution in [0.25, 0.3) is 0 Å². The minimum atomic E-state index is -0.413. The van der Waals surface area contributed by atoms with E-state index < -0.39 is 6.04 Å². The molecule has 0 aliphatic heterocycles. The Kier molecular flexibility index (Phi) is 4.83. The van der Waals surface area contributed by atoms with E-state index >= 15 is 0 Å². The van der Waals surface area contributed by atoms with E-state index in [0.29, 0.717) is 0 Å². The van der Waals surface area contributed by atoms with Crippen LogP contribution in [0, 0.1) is 11.3 Å². The number of allylic oxidation sites excluding steroid dienone is 1. The van der Waals surface area contributed by atoms with Gasteiger partial charge in [-0.3, -0.25) is 4.79 Å². The van der Waals surface area contributed by atoms with Crippen molar-refractivity contribution in [2.75, 3.05) is 0 Å². The SMILES string of the molecule is CC/C=C/C(=O)NC(C)C#N. The van der Waals surface area contributed by atoms with Gasteiger partial charge in [0.25, 0.3) is 0 Å². The minimum absolute atomic E-state index is 0.207. The highest BCUT2D eigenvalue weighted by molar-refractivity contribution is 5.87. The zero-order chi connectivity index (χ0) is 8.69. The predicted molar refractivity (Wildman–Crippen MR) is 42.6 cm³/mol. The van der Waals surface area contributed by atoms with Crippen molar-refractivity contribution in [3.63, 3.8) is 0 Å². The number of rotatable bonds is 3. The summed E-state index contributed by atoms with van der Waals surface area (Å²) >= 11 is 0. The lowest BCUT2D eigenvalue weighted by molar-refractivity contribution is -0.116. The molecule has 0 aliphatic rings. The van der Waals surface area contributed by atoms with Gasteiger partial charge in [-0.1, -0.05) is 13.0 Å². The Morgan fingerprint density at radius 2 is 2.45 bits per heavy atom. The zero-order valence-corrected chi connectivity index (χ0v) is 6.79. The lowest BCUT2D eigenvalue weighted by Crippen LogP contribution is -2.29. The predicted octanol–water partition coefficient (Wildman–Crippen LogP) is 0.981. The number of carbonyl (C=O) groups is 1. The van der Waals surface area contributed by atoms with Gasteiger partial charge in [0.15, 0.2) is 0 Å². The van der Waals surface area contributed by atoms with E-state index in [0.717, 1.165) is 6.42 Å². The van der Waals surface area contributed by atoms with Gasteiger partial charge < -0.3 is 5.32 Å². The molecule has 0 aromatic carbocycles. The lowest BCUT2D eigenvalue weighted by Gasteiger charge is -2.00. The molecule has 1 N–H and O–H groups in total. The second-order valence-electron chi connectivity index (χ2n) is 2.17. The molecule has 1 atom stereocenters. The topological polar surface area (TPSA) is 52.9 Å². The van der Waals surface area contributed by atoms with Crippen LogP contribution in [0.2, 0.25) is 0 Å². The van der Waals surface area contributed by atoms with Gasteiger partial charge in [0.1, 0.15) is 6.04 Å². The molecule has 0 fully saturated rings. The fourth-order valence-corrected chi connectivity index (χ4v) is 0.519. The highest BCUT2D eigenvalue weighted by Crippen LogP contribution is 1.82. The molecule has 3 nitrogen and oxygen atoms in total. The van der Waals surface area contributed by atoms with E-state index in [9.17, 15) is 4.79 Å². The molecule has 0 spiro atoms. The van der Waals surface area contributed by atoms with Crippen molar-refractivity contribution < 1.29 is 4.79 Å². The van der Waals surface area contributed by atoms with E-state index in [1.165, 1.54) is 6.08 Å². The molecule has 1 unspecified atom stereocenters. The third-order valence-electron chi connectivity index (χ3n) is 1.06. The maximum atomic E-state index is 10.8. The summed E-state index contributed by atoms with van der Waals surface area (Å²) in [5.41, 5.74) is 0. The molecule has 0 rings (SSSR count). The number of amides is 1. The Morgan fingerprint density at radius 1 is 1.82 bits per heavy atom. The summed E-state index contributed by atoms with van der Waals surface area (Å²) < 4.78 is 0. The first-order valence-electron chi connectivity index (χ1n) is 3.57. The first-order chi connectivity index (χ1) is 5.20. The Labute approximate surface area is 66.7 Å². The van der Waals surface area contributed by atoms with Gasteiger partial charge in [-0.25, -0.2) is 0 Å². The van der Waals surface area contributed by atoms with Crippen LogP contribution in [0.4, 0.5) is 0 Å². The summed E-state index contributed by atoms with van der Waals surface area (Å²) in [7, 11) is 0. The van der Waals surface area contributed by atoms with E-state index in [4.69, 9.17) is 5.26 Å². The summed E-state index contributed by atoms with van der Waals surface area (Å²) in [4.78, 5) is 10.8. The van der Waals surface area contributed by atoms with Crippen LogP contribution in [0.3, 0.4) is 0 Å². The second kappa shape index (κ2) is 5.48. The smallest absolute Gasteiger partial charge is 0.244 e. The van der Waals surface area contributed by atoms with Gasteiger partial charge in [0.05, 0.1) is 6.07 Å². The van der Waals surface area contributed by atoms with Crippen molar-refractivity contribution in [2.45, 2.75) is 26.3 Å². The van der Waals surface area contributed by atoms with Crippen LogP contribution in [-0.2, 0) is 4.79 Å². The Bertz CT molecular complexity index is 191. The summed E-state index contributed by atoms with van der Waals surface area (Å²) in [5.74, 6) is -0.207. The summed E-state index contributed by atoms with van der Waals surface area (Å²) in [6.07, 6.45) is 4.02. The van der Waals surface area contributed by atoms with E-state index in [1.807, 2.05) is 13.0 Å².